The molecular weight excluding hydrogens is 340 g/mol. The predicted octanol–water partition coefficient (Wildman–Crippen LogP) is 3.02. The van der Waals surface area contributed by atoms with Crippen molar-refractivity contribution in [3.63, 3.8) is 0 Å². The molecule has 0 saturated carbocycles. The Balaban J connectivity index is 0.00000225. The molecule has 2 bridgehead atoms. The molecule has 6 heteroatoms. The monoisotopic (exact) mass is 368 g/mol. The first-order valence-electron chi connectivity index (χ1n) is 9.14. The number of likely N-dealkylation sites (tertiary alicyclic amines) is 1. The summed E-state index contributed by atoms with van der Waals surface area (Å²) in [5.41, 5.74) is 0. The Hall–Kier alpha value is -1.46. The summed E-state index contributed by atoms with van der Waals surface area (Å²) >= 11 is 0. The van der Waals surface area contributed by atoms with Gasteiger partial charge in [0.15, 0.2) is 11.5 Å². The summed E-state index contributed by atoms with van der Waals surface area (Å²) in [6, 6.07) is 8.79. The quantitative estimate of drug-likeness (QED) is 0.751. The molecule has 2 fully saturated rings. The van der Waals surface area contributed by atoms with Gasteiger partial charge in [-0.25, -0.2) is 0 Å². The van der Waals surface area contributed by atoms with Crippen LogP contribution in [0.2, 0.25) is 0 Å². The van der Waals surface area contributed by atoms with Crippen molar-refractivity contribution in [3.8, 4) is 11.5 Å². The summed E-state index contributed by atoms with van der Waals surface area (Å²) in [5, 5.41) is 3.61. The number of nitrogens with zero attached hydrogens (tertiary/aromatic N) is 1. The average molecular weight is 369 g/mol. The third-order valence-corrected chi connectivity index (χ3v) is 4.82. The van der Waals surface area contributed by atoms with E-state index in [2.05, 4.69) is 5.32 Å². The standard InChI is InChI=1S/C19H28N2O3.ClH/c1-2-23-17-6-3-4-7-18(17)24-13-5-8-19(22)21-12-11-15-9-10-16(14-21)20-15;/h3-4,6-7,15-16,20H,2,5,8-14H2,1H3;1H. The number of amides is 1. The van der Waals surface area contributed by atoms with Crippen LogP contribution in [0, 0.1) is 0 Å². The van der Waals surface area contributed by atoms with Gasteiger partial charge in [-0.1, -0.05) is 12.1 Å². The SMILES string of the molecule is CCOc1ccccc1OCCCC(=O)N1CCC2CCC(C1)N2.Cl. The molecule has 1 N–H and O–H groups in total. The van der Waals surface area contributed by atoms with E-state index in [-0.39, 0.29) is 18.3 Å². The van der Waals surface area contributed by atoms with Crippen LogP contribution in [0.4, 0.5) is 0 Å². The van der Waals surface area contributed by atoms with Crippen LogP contribution in [0.15, 0.2) is 24.3 Å². The van der Waals surface area contributed by atoms with Crippen LogP contribution in [0.1, 0.15) is 39.0 Å². The average Bonchev–Trinajstić information content (AvgIpc) is 2.92. The molecule has 2 unspecified atom stereocenters. The molecule has 25 heavy (non-hydrogen) atoms. The topological polar surface area (TPSA) is 50.8 Å². The van der Waals surface area contributed by atoms with Gasteiger partial charge in [0, 0.05) is 31.6 Å². The number of rotatable bonds is 7. The van der Waals surface area contributed by atoms with E-state index >= 15 is 0 Å². The molecule has 1 aromatic carbocycles. The molecule has 1 amide bonds. The Labute approximate surface area is 156 Å². The fraction of sp³-hybridized carbons (Fsp3) is 0.632. The lowest BCUT2D eigenvalue weighted by molar-refractivity contribution is -0.131. The van der Waals surface area contributed by atoms with Gasteiger partial charge in [-0.2, -0.15) is 0 Å². The number of carbonyl (C=O) groups is 1. The van der Waals surface area contributed by atoms with Gasteiger partial charge in [0.25, 0.3) is 0 Å². The second kappa shape index (κ2) is 9.88. The van der Waals surface area contributed by atoms with Crippen molar-refractivity contribution in [2.24, 2.45) is 0 Å². The van der Waals surface area contributed by atoms with Crippen LogP contribution in [0.25, 0.3) is 0 Å². The highest BCUT2D eigenvalue weighted by Gasteiger charge is 2.30. The van der Waals surface area contributed by atoms with Crippen LogP contribution in [0.3, 0.4) is 0 Å². The molecule has 2 heterocycles. The predicted molar refractivity (Wildman–Crippen MR) is 101 cm³/mol. The minimum absolute atomic E-state index is 0. The number of fused-ring (bicyclic) bond motifs is 2. The van der Waals surface area contributed by atoms with Gasteiger partial charge in [-0.3, -0.25) is 4.79 Å². The molecule has 3 rings (SSSR count). The second-order valence-electron chi connectivity index (χ2n) is 6.60. The summed E-state index contributed by atoms with van der Waals surface area (Å²) in [5.74, 6) is 1.77. The maximum atomic E-state index is 12.4. The number of carbonyl (C=O) groups excluding carboxylic acids is 1. The zero-order valence-corrected chi connectivity index (χ0v) is 15.7. The van der Waals surface area contributed by atoms with Crippen LogP contribution in [0.5, 0.6) is 11.5 Å². The number of ether oxygens (including phenoxy) is 2. The Kier molecular flexibility index (Phi) is 7.85. The maximum Gasteiger partial charge on any atom is 0.222 e. The molecular formula is C19H29ClN2O3. The number of hydrogen-bond donors (Lipinski definition) is 1. The number of nitrogens with one attached hydrogen (secondary N) is 1. The third kappa shape index (κ3) is 5.51. The van der Waals surface area contributed by atoms with Gasteiger partial charge >= 0.3 is 0 Å². The minimum Gasteiger partial charge on any atom is -0.490 e. The zero-order chi connectivity index (χ0) is 16.8. The van der Waals surface area contributed by atoms with Crippen molar-refractivity contribution in [1.29, 1.82) is 0 Å². The van der Waals surface area contributed by atoms with Gasteiger partial charge in [-0.05, 0) is 44.7 Å². The Morgan fingerprint density at radius 2 is 1.88 bits per heavy atom. The molecule has 140 valence electrons. The number of benzene rings is 1. The first kappa shape index (κ1) is 19.9. The Morgan fingerprint density at radius 1 is 1.16 bits per heavy atom. The second-order valence-corrected chi connectivity index (χ2v) is 6.60. The molecule has 2 atom stereocenters. The Bertz CT molecular complexity index is 555. The van der Waals surface area contributed by atoms with Crippen LogP contribution < -0.4 is 14.8 Å². The minimum atomic E-state index is 0. The van der Waals surface area contributed by atoms with Crippen molar-refractivity contribution in [1.82, 2.24) is 10.2 Å². The maximum absolute atomic E-state index is 12.4. The van der Waals surface area contributed by atoms with E-state index in [4.69, 9.17) is 9.47 Å². The van der Waals surface area contributed by atoms with Crippen molar-refractivity contribution >= 4 is 18.3 Å². The van der Waals surface area contributed by atoms with E-state index in [9.17, 15) is 4.79 Å². The van der Waals surface area contributed by atoms with Gasteiger partial charge in [-0.15, -0.1) is 12.4 Å². The molecule has 0 spiro atoms. The van der Waals surface area contributed by atoms with Gasteiger partial charge < -0.3 is 19.7 Å². The van der Waals surface area contributed by atoms with E-state index in [1.165, 1.54) is 12.8 Å². The third-order valence-electron chi connectivity index (χ3n) is 4.82. The summed E-state index contributed by atoms with van der Waals surface area (Å²) in [7, 11) is 0. The molecule has 2 aliphatic rings. The highest BCUT2D eigenvalue weighted by atomic mass is 35.5. The fourth-order valence-electron chi connectivity index (χ4n) is 3.58. The van der Waals surface area contributed by atoms with E-state index < -0.39 is 0 Å². The smallest absolute Gasteiger partial charge is 0.222 e. The van der Waals surface area contributed by atoms with Crippen LogP contribution in [-0.2, 0) is 4.79 Å². The lowest BCUT2D eigenvalue weighted by Gasteiger charge is -2.24. The van der Waals surface area contributed by atoms with Gasteiger partial charge in [0.1, 0.15) is 0 Å². The van der Waals surface area contributed by atoms with Crippen molar-refractivity contribution in [3.05, 3.63) is 24.3 Å². The van der Waals surface area contributed by atoms with E-state index in [1.54, 1.807) is 0 Å². The molecule has 1 aromatic rings. The summed E-state index contributed by atoms with van der Waals surface area (Å²) in [6.07, 6.45) is 4.83. The summed E-state index contributed by atoms with van der Waals surface area (Å²) < 4.78 is 11.3. The lowest BCUT2D eigenvalue weighted by Crippen LogP contribution is -2.39. The fourth-order valence-corrected chi connectivity index (χ4v) is 3.58. The van der Waals surface area contributed by atoms with Gasteiger partial charge in [0.2, 0.25) is 5.91 Å². The van der Waals surface area contributed by atoms with Crippen LogP contribution in [-0.4, -0.2) is 49.2 Å². The van der Waals surface area contributed by atoms with Crippen molar-refractivity contribution in [2.75, 3.05) is 26.3 Å². The molecule has 0 radical (unpaired) electrons. The molecule has 5 nitrogen and oxygen atoms in total. The molecule has 0 aromatic heterocycles. The lowest BCUT2D eigenvalue weighted by atomic mass is 10.1. The van der Waals surface area contributed by atoms with E-state index in [0.29, 0.717) is 31.7 Å². The molecule has 2 saturated heterocycles. The van der Waals surface area contributed by atoms with Crippen molar-refractivity contribution in [2.45, 2.75) is 51.1 Å². The summed E-state index contributed by atoms with van der Waals surface area (Å²) in [6.45, 7) is 4.86. The highest BCUT2D eigenvalue weighted by Crippen LogP contribution is 2.26. The normalized spacial score (nSPS) is 22.0. The van der Waals surface area contributed by atoms with Crippen molar-refractivity contribution < 1.29 is 14.3 Å². The number of halogens is 1. The molecule has 2 aliphatic heterocycles. The highest BCUT2D eigenvalue weighted by molar-refractivity contribution is 5.85. The first-order chi connectivity index (χ1) is 11.8. The largest absolute Gasteiger partial charge is 0.490 e. The van der Waals surface area contributed by atoms with Gasteiger partial charge in [0.05, 0.1) is 13.2 Å². The number of hydrogen-bond acceptors (Lipinski definition) is 4. The van der Waals surface area contributed by atoms with E-state index in [1.807, 2.05) is 36.1 Å². The number of para-hydroxylation sites is 2. The Morgan fingerprint density at radius 3 is 2.64 bits per heavy atom. The molecule has 0 aliphatic carbocycles. The van der Waals surface area contributed by atoms with Crippen LogP contribution >= 0.6 is 12.4 Å². The zero-order valence-electron chi connectivity index (χ0n) is 14.9. The summed E-state index contributed by atoms with van der Waals surface area (Å²) in [4.78, 5) is 14.5. The first-order valence-corrected chi connectivity index (χ1v) is 9.14. The van der Waals surface area contributed by atoms with E-state index in [0.717, 1.165) is 37.4 Å².